The number of nitrogens with zero attached hydrogens (tertiary/aromatic N) is 2. The Morgan fingerprint density at radius 1 is 1.19 bits per heavy atom. The highest BCUT2D eigenvalue weighted by Gasteiger charge is 2.09. The Bertz CT molecular complexity index is 616. The highest BCUT2D eigenvalue weighted by molar-refractivity contribution is 9.10. The van der Waals surface area contributed by atoms with Crippen molar-refractivity contribution in [2.24, 2.45) is 0 Å². The van der Waals surface area contributed by atoms with Gasteiger partial charge in [0.2, 0.25) is 0 Å². The van der Waals surface area contributed by atoms with Crippen LogP contribution in [0, 0.1) is 0 Å². The highest BCUT2D eigenvalue weighted by Crippen LogP contribution is 2.29. The van der Waals surface area contributed by atoms with E-state index in [4.69, 9.17) is 4.74 Å². The van der Waals surface area contributed by atoms with Crippen LogP contribution in [0.5, 0.6) is 5.75 Å². The normalized spacial score (nSPS) is 10.5. The van der Waals surface area contributed by atoms with E-state index in [1.54, 1.807) is 7.11 Å². The smallest absolute Gasteiger partial charge is 0.161 e. The molecule has 0 aliphatic heterocycles. The van der Waals surface area contributed by atoms with Crippen LogP contribution in [0.1, 0.15) is 26.0 Å². The van der Waals surface area contributed by atoms with E-state index in [0.29, 0.717) is 0 Å². The van der Waals surface area contributed by atoms with Gasteiger partial charge in [0.1, 0.15) is 11.6 Å². The van der Waals surface area contributed by atoms with Gasteiger partial charge in [-0.05, 0) is 47.0 Å². The summed E-state index contributed by atoms with van der Waals surface area (Å²) in [7, 11) is 1.65. The summed E-state index contributed by atoms with van der Waals surface area (Å²) in [6.07, 6.45) is 1.95. The molecule has 2 aromatic rings. The predicted octanol–water partition coefficient (Wildman–Crippen LogP) is 4.30. The first-order valence-corrected chi connectivity index (χ1v) is 7.93. The number of ether oxygens (including phenoxy) is 1. The number of benzene rings is 1. The van der Waals surface area contributed by atoms with Crippen LogP contribution in [0.4, 0.5) is 5.82 Å². The molecular formula is C16H20BrN3O. The fraction of sp³-hybridized carbons (Fsp3) is 0.375. The van der Waals surface area contributed by atoms with Crippen molar-refractivity contribution in [1.82, 2.24) is 9.97 Å². The molecule has 0 atom stereocenters. The second-order valence-corrected chi connectivity index (χ2v) is 5.55. The zero-order valence-corrected chi connectivity index (χ0v) is 14.2. The number of methoxy groups -OCH3 is 1. The fourth-order valence-electron chi connectivity index (χ4n) is 1.96. The van der Waals surface area contributed by atoms with Crippen molar-refractivity contribution in [3.8, 4) is 17.1 Å². The maximum atomic E-state index is 5.26. The largest absolute Gasteiger partial charge is 0.496 e. The monoisotopic (exact) mass is 349 g/mol. The van der Waals surface area contributed by atoms with Gasteiger partial charge in [0.25, 0.3) is 0 Å². The molecule has 0 unspecified atom stereocenters. The molecule has 0 amide bonds. The third-order valence-corrected chi connectivity index (χ3v) is 3.73. The topological polar surface area (TPSA) is 47.0 Å². The van der Waals surface area contributed by atoms with Crippen LogP contribution >= 0.6 is 15.9 Å². The quantitative estimate of drug-likeness (QED) is 0.844. The molecule has 0 aliphatic carbocycles. The minimum atomic E-state index is 0.733. The summed E-state index contributed by atoms with van der Waals surface area (Å²) in [6.45, 7) is 5.14. The maximum absolute atomic E-state index is 5.26. The van der Waals surface area contributed by atoms with Gasteiger partial charge in [0.05, 0.1) is 11.6 Å². The van der Waals surface area contributed by atoms with Gasteiger partial charge in [-0.3, -0.25) is 0 Å². The standard InChI is InChI=1S/C16H20BrN3O/c1-4-8-18-15-10-12(5-2)19-16(20-15)11-6-7-14(21-3)13(17)9-11/h6-7,9-10H,4-5,8H2,1-3H3,(H,18,19,20). The van der Waals surface area contributed by atoms with Gasteiger partial charge in [-0.25, -0.2) is 9.97 Å². The second kappa shape index (κ2) is 7.41. The first kappa shape index (κ1) is 15.8. The van der Waals surface area contributed by atoms with Crippen molar-refractivity contribution in [3.63, 3.8) is 0 Å². The van der Waals surface area contributed by atoms with Crippen LogP contribution in [0.2, 0.25) is 0 Å². The number of hydrogen-bond donors (Lipinski definition) is 1. The first-order chi connectivity index (χ1) is 10.2. The van der Waals surface area contributed by atoms with Gasteiger partial charge in [0.15, 0.2) is 5.82 Å². The van der Waals surface area contributed by atoms with E-state index in [1.807, 2.05) is 24.3 Å². The van der Waals surface area contributed by atoms with Crippen molar-refractivity contribution in [3.05, 3.63) is 34.4 Å². The van der Waals surface area contributed by atoms with Crippen molar-refractivity contribution in [1.29, 1.82) is 0 Å². The minimum Gasteiger partial charge on any atom is -0.496 e. The van der Waals surface area contributed by atoms with Crippen molar-refractivity contribution in [2.45, 2.75) is 26.7 Å². The average molecular weight is 350 g/mol. The zero-order chi connectivity index (χ0) is 15.2. The predicted molar refractivity (Wildman–Crippen MR) is 89.9 cm³/mol. The Morgan fingerprint density at radius 3 is 2.62 bits per heavy atom. The van der Waals surface area contributed by atoms with Gasteiger partial charge in [0, 0.05) is 23.9 Å². The summed E-state index contributed by atoms with van der Waals surface area (Å²) in [4.78, 5) is 9.22. The molecule has 112 valence electrons. The van der Waals surface area contributed by atoms with Crippen molar-refractivity contribution < 1.29 is 4.74 Å². The van der Waals surface area contributed by atoms with E-state index in [2.05, 4.69) is 45.1 Å². The number of hydrogen-bond acceptors (Lipinski definition) is 4. The number of aryl methyl sites for hydroxylation is 1. The Kier molecular flexibility index (Phi) is 5.56. The molecule has 2 rings (SSSR count). The van der Waals surface area contributed by atoms with Gasteiger partial charge < -0.3 is 10.1 Å². The van der Waals surface area contributed by atoms with Crippen molar-refractivity contribution in [2.75, 3.05) is 19.0 Å². The van der Waals surface area contributed by atoms with E-state index < -0.39 is 0 Å². The molecule has 0 saturated carbocycles. The minimum absolute atomic E-state index is 0.733. The Labute approximate surface area is 134 Å². The molecule has 0 aliphatic rings. The molecule has 1 heterocycles. The summed E-state index contributed by atoms with van der Waals surface area (Å²) in [6, 6.07) is 7.89. The van der Waals surface area contributed by atoms with Gasteiger partial charge >= 0.3 is 0 Å². The van der Waals surface area contributed by atoms with E-state index in [-0.39, 0.29) is 0 Å². The molecule has 21 heavy (non-hydrogen) atoms. The highest BCUT2D eigenvalue weighted by atomic mass is 79.9. The van der Waals surface area contributed by atoms with E-state index >= 15 is 0 Å². The average Bonchev–Trinajstić information content (AvgIpc) is 2.52. The third-order valence-electron chi connectivity index (χ3n) is 3.11. The van der Waals surface area contributed by atoms with Crippen molar-refractivity contribution >= 4 is 21.7 Å². The summed E-state index contributed by atoms with van der Waals surface area (Å²) in [5.74, 6) is 2.41. The number of rotatable bonds is 6. The molecule has 0 fully saturated rings. The van der Waals surface area contributed by atoms with Crippen LogP contribution in [0.3, 0.4) is 0 Å². The van der Waals surface area contributed by atoms with E-state index in [9.17, 15) is 0 Å². The van der Waals surface area contributed by atoms with Crippen LogP contribution in [-0.4, -0.2) is 23.6 Å². The molecule has 1 aromatic heterocycles. The van der Waals surface area contributed by atoms with E-state index in [1.165, 1.54) is 0 Å². The molecule has 0 spiro atoms. The zero-order valence-electron chi connectivity index (χ0n) is 12.6. The summed E-state index contributed by atoms with van der Waals surface area (Å²) >= 11 is 3.50. The summed E-state index contributed by atoms with van der Waals surface area (Å²) < 4.78 is 6.16. The van der Waals surface area contributed by atoms with Crippen LogP contribution in [0.15, 0.2) is 28.7 Å². The van der Waals surface area contributed by atoms with E-state index in [0.717, 1.165) is 52.5 Å². The van der Waals surface area contributed by atoms with Crippen LogP contribution in [-0.2, 0) is 6.42 Å². The number of nitrogens with one attached hydrogen (secondary N) is 1. The van der Waals surface area contributed by atoms with Crippen LogP contribution < -0.4 is 10.1 Å². The van der Waals surface area contributed by atoms with Crippen LogP contribution in [0.25, 0.3) is 11.4 Å². The number of anilines is 1. The Morgan fingerprint density at radius 2 is 2.00 bits per heavy atom. The Balaban J connectivity index is 2.39. The molecule has 0 saturated heterocycles. The first-order valence-electron chi connectivity index (χ1n) is 7.13. The lowest BCUT2D eigenvalue weighted by Gasteiger charge is -2.10. The fourth-order valence-corrected chi connectivity index (χ4v) is 2.50. The number of aromatic nitrogens is 2. The number of halogens is 1. The lowest BCUT2D eigenvalue weighted by Crippen LogP contribution is -2.05. The molecule has 5 heteroatoms. The Hall–Kier alpha value is -1.62. The summed E-state index contributed by atoms with van der Waals surface area (Å²) in [5.41, 5.74) is 2.00. The lowest BCUT2D eigenvalue weighted by molar-refractivity contribution is 0.412. The molecule has 4 nitrogen and oxygen atoms in total. The lowest BCUT2D eigenvalue weighted by atomic mass is 10.2. The molecule has 1 aromatic carbocycles. The molecule has 0 bridgehead atoms. The van der Waals surface area contributed by atoms with Gasteiger partial charge in [-0.15, -0.1) is 0 Å². The SMILES string of the molecule is CCCNc1cc(CC)nc(-c2ccc(OC)c(Br)c2)n1. The summed E-state index contributed by atoms with van der Waals surface area (Å²) in [5, 5.41) is 3.33. The second-order valence-electron chi connectivity index (χ2n) is 4.70. The van der Waals surface area contributed by atoms with Gasteiger partial charge in [-0.2, -0.15) is 0 Å². The van der Waals surface area contributed by atoms with Gasteiger partial charge in [-0.1, -0.05) is 13.8 Å². The molecule has 0 radical (unpaired) electrons. The molecular weight excluding hydrogens is 330 g/mol. The third kappa shape index (κ3) is 3.94. The molecule has 1 N–H and O–H groups in total. The maximum Gasteiger partial charge on any atom is 0.161 e.